The van der Waals surface area contributed by atoms with Gasteiger partial charge >= 0.3 is 0 Å². The van der Waals surface area contributed by atoms with Crippen LogP contribution >= 0.6 is 15.9 Å². The van der Waals surface area contributed by atoms with Crippen LogP contribution in [0.2, 0.25) is 0 Å². The molecule has 1 N–H and O–H groups in total. The lowest BCUT2D eigenvalue weighted by Crippen LogP contribution is -2.34. The Balaban J connectivity index is 1.82. The number of rotatable bonds is 7. The summed E-state index contributed by atoms with van der Waals surface area (Å²) in [6.07, 6.45) is 7.48. The van der Waals surface area contributed by atoms with Crippen LogP contribution in [-0.2, 0) is 18.4 Å². The van der Waals surface area contributed by atoms with Gasteiger partial charge < -0.3 is 14.7 Å². The molecule has 0 aliphatic heterocycles. The van der Waals surface area contributed by atoms with Gasteiger partial charge in [-0.1, -0.05) is 46.3 Å². The first-order valence-electron chi connectivity index (χ1n) is 10.7. The van der Waals surface area contributed by atoms with Gasteiger partial charge in [-0.3, -0.25) is 0 Å². The molecule has 0 radical (unpaired) electrons. The summed E-state index contributed by atoms with van der Waals surface area (Å²) >= 11 is 3.55. The number of hydrogen-bond acceptors (Lipinski definition) is 4. The van der Waals surface area contributed by atoms with E-state index in [2.05, 4.69) is 63.3 Å². The average Bonchev–Trinajstić information content (AvgIpc) is 2.77. The van der Waals surface area contributed by atoms with Gasteiger partial charge in [0.05, 0.1) is 18.2 Å². The molecule has 2 aromatic carbocycles. The monoisotopic (exact) mass is 480 g/mol. The number of ether oxygens (including phenoxy) is 1. The maximum Gasteiger partial charge on any atom is 0.216 e. The van der Waals surface area contributed by atoms with Crippen molar-refractivity contribution >= 4 is 32.9 Å². The van der Waals surface area contributed by atoms with Crippen molar-refractivity contribution in [3.63, 3.8) is 0 Å². The van der Waals surface area contributed by atoms with E-state index in [0.29, 0.717) is 18.7 Å². The second kappa shape index (κ2) is 9.11. The molecule has 1 aliphatic carbocycles. The van der Waals surface area contributed by atoms with E-state index >= 15 is 0 Å². The van der Waals surface area contributed by atoms with E-state index in [1.165, 1.54) is 5.56 Å². The molecule has 1 aromatic heterocycles. The zero-order valence-electron chi connectivity index (χ0n) is 18.4. The van der Waals surface area contributed by atoms with Crippen molar-refractivity contribution < 1.29 is 9.84 Å². The van der Waals surface area contributed by atoms with Gasteiger partial charge in [-0.15, -0.1) is 0 Å². The van der Waals surface area contributed by atoms with Crippen molar-refractivity contribution in [3.05, 3.63) is 75.3 Å². The summed E-state index contributed by atoms with van der Waals surface area (Å²) in [5.41, 5.74) is 4.19. The minimum Gasteiger partial charge on any atom is -0.481 e. The molecule has 1 aliphatic rings. The van der Waals surface area contributed by atoms with Crippen LogP contribution in [0.4, 0.5) is 0 Å². The van der Waals surface area contributed by atoms with Crippen LogP contribution in [-0.4, -0.2) is 42.7 Å². The van der Waals surface area contributed by atoms with E-state index in [-0.39, 0.29) is 0 Å². The maximum atomic E-state index is 12.1. The number of hydrogen-bond donors (Lipinski definition) is 1. The Bertz CT molecular complexity index is 1130. The maximum absolute atomic E-state index is 12.1. The van der Waals surface area contributed by atoms with Gasteiger partial charge in [0.25, 0.3) is 0 Å². The van der Waals surface area contributed by atoms with Crippen molar-refractivity contribution in [2.45, 2.75) is 31.3 Å². The predicted octanol–water partition coefficient (Wildman–Crippen LogP) is 5.35. The fourth-order valence-corrected chi connectivity index (χ4v) is 4.77. The smallest absolute Gasteiger partial charge is 0.216 e. The number of halogens is 1. The summed E-state index contributed by atoms with van der Waals surface area (Å²) in [5.74, 6) is 0.568. The molecule has 0 fully saturated rings. The van der Waals surface area contributed by atoms with Crippen molar-refractivity contribution in [1.29, 1.82) is 0 Å². The van der Waals surface area contributed by atoms with Gasteiger partial charge in [0.15, 0.2) is 0 Å². The lowest BCUT2D eigenvalue weighted by Gasteiger charge is -2.33. The summed E-state index contributed by atoms with van der Waals surface area (Å²) in [4.78, 5) is 6.83. The van der Waals surface area contributed by atoms with E-state index in [0.717, 1.165) is 51.5 Å². The largest absolute Gasteiger partial charge is 0.481 e. The molecule has 0 saturated carbocycles. The molecule has 0 bridgehead atoms. The standard InChI is InChI=1S/C26H29BrN2O2/c1-29(2)14-13-26(30,23-10-6-8-18-7-4-5-9-22(18)23)17-20-15-19-16-21(27)11-12-24(19)28-25(20)31-3/h5-6,8-12,15-16,30H,4,7,13-14,17H2,1-3H3/t26-/m0/s1. The SMILES string of the molecule is COc1nc2ccc(Br)cc2cc1C[C@@](O)(CCN(C)C)c1cccc2c1C=CCC2. The first-order valence-corrected chi connectivity index (χ1v) is 11.5. The number of methoxy groups -OCH3 is 1. The van der Waals surface area contributed by atoms with E-state index in [4.69, 9.17) is 9.72 Å². The molecule has 0 spiro atoms. The first kappa shape index (κ1) is 22.0. The van der Waals surface area contributed by atoms with Crippen molar-refractivity contribution in [2.24, 2.45) is 0 Å². The number of benzene rings is 2. The van der Waals surface area contributed by atoms with Crippen LogP contribution in [0.1, 0.15) is 35.1 Å². The van der Waals surface area contributed by atoms with E-state index < -0.39 is 5.60 Å². The van der Waals surface area contributed by atoms with Crippen LogP contribution < -0.4 is 4.74 Å². The zero-order valence-corrected chi connectivity index (χ0v) is 19.9. The van der Waals surface area contributed by atoms with Gasteiger partial charge in [0.2, 0.25) is 5.88 Å². The highest BCUT2D eigenvalue weighted by Crippen LogP contribution is 2.38. The van der Waals surface area contributed by atoms with Gasteiger partial charge in [0.1, 0.15) is 0 Å². The Morgan fingerprint density at radius 1 is 1.19 bits per heavy atom. The molecule has 0 amide bonds. The number of fused-ring (bicyclic) bond motifs is 2. The molecule has 5 heteroatoms. The van der Waals surface area contributed by atoms with Gasteiger partial charge in [-0.2, -0.15) is 0 Å². The minimum atomic E-state index is -1.04. The molecule has 4 nitrogen and oxygen atoms in total. The van der Waals surface area contributed by atoms with Gasteiger partial charge in [0, 0.05) is 28.4 Å². The third-order valence-electron chi connectivity index (χ3n) is 6.03. The van der Waals surface area contributed by atoms with Crippen molar-refractivity contribution in [1.82, 2.24) is 9.88 Å². The highest BCUT2D eigenvalue weighted by Gasteiger charge is 2.34. The highest BCUT2D eigenvalue weighted by atomic mass is 79.9. The molecule has 3 aromatic rings. The van der Waals surface area contributed by atoms with Crippen molar-refractivity contribution in [2.75, 3.05) is 27.7 Å². The molecule has 4 rings (SSSR count). The van der Waals surface area contributed by atoms with Crippen LogP contribution in [0.3, 0.4) is 0 Å². The molecule has 31 heavy (non-hydrogen) atoms. The number of aliphatic hydroxyl groups is 1. The average molecular weight is 481 g/mol. The molecular formula is C26H29BrN2O2. The highest BCUT2D eigenvalue weighted by molar-refractivity contribution is 9.10. The number of aryl methyl sites for hydroxylation is 1. The fraction of sp³-hybridized carbons (Fsp3) is 0.346. The lowest BCUT2D eigenvalue weighted by molar-refractivity contribution is 0.0203. The summed E-state index contributed by atoms with van der Waals surface area (Å²) in [6, 6.07) is 14.4. The predicted molar refractivity (Wildman–Crippen MR) is 131 cm³/mol. The second-order valence-corrected chi connectivity index (χ2v) is 9.49. The number of allylic oxidation sites excluding steroid dienone is 1. The molecule has 162 valence electrons. The number of pyridine rings is 1. The molecule has 0 saturated heterocycles. The van der Waals surface area contributed by atoms with Crippen LogP contribution in [0.5, 0.6) is 5.88 Å². The Labute approximate surface area is 192 Å². The number of nitrogens with zero attached hydrogens (tertiary/aromatic N) is 2. The molecule has 1 atom stereocenters. The van der Waals surface area contributed by atoms with Crippen LogP contribution in [0.15, 0.2) is 53.0 Å². The third-order valence-corrected chi connectivity index (χ3v) is 6.52. The Kier molecular flexibility index (Phi) is 6.47. The van der Waals surface area contributed by atoms with Crippen LogP contribution in [0, 0.1) is 0 Å². The summed E-state index contributed by atoms with van der Waals surface area (Å²) < 4.78 is 6.65. The first-order chi connectivity index (χ1) is 14.9. The normalized spacial score (nSPS) is 15.2. The van der Waals surface area contributed by atoms with Gasteiger partial charge in [-0.05, 0) is 74.3 Å². The summed E-state index contributed by atoms with van der Waals surface area (Å²) in [6.45, 7) is 0.777. The quantitative estimate of drug-likeness (QED) is 0.495. The van der Waals surface area contributed by atoms with Crippen LogP contribution in [0.25, 0.3) is 17.0 Å². The molecule has 0 unspecified atom stereocenters. The second-order valence-electron chi connectivity index (χ2n) is 8.57. The van der Waals surface area contributed by atoms with E-state index in [1.54, 1.807) is 7.11 Å². The number of aromatic nitrogens is 1. The zero-order chi connectivity index (χ0) is 22.0. The lowest BCUT2D eigenvalue weighted by atomic mass is 9.79. The molecular weight excluding hydrogens is 452 g/mol. The fourth-order valence-electron chi connectivity index (χ4n) is 4.39. The van der Waals surface area contributed by atoms with E-state index in [1.807, 2.05) is 26.2 Å². The third kappa shape index (κ3) is 4.69. The van der Waals surface area contributed by atoms with E-state index in [9.17, 15) is 5.11 Å². The Hall–Kier alpha value is -2.21. The minimum absolute atomic E-state index is 0.434. The summed E-state index contributed by atoms with van der Waals surface area (Å²) in [7, 11) is 5.72. The topological polar surface area (TPSA) is 45.6 Å². The molecule has 1 heterocycles. The van der Waals surface area contributed by atoms with Gasteiger partial charge in [-0.25, -0.2) is 4.98 Å². The van der Waals surface area contributed by atoms with Crippen molar-refractivity contribution in [3.8, 4) is 5.88 Å². The Morgan fingerprint density at radius 3 is 2.81 bits per heavy atom. The Morgan fingerprint density at radius 2 is 2.03 bits per heavy atom. The summed E-state index contributed by atoms with van der Waals surface area (Å²) in [5, 5.41) is 13.2.